The predicted molar refractivity (Wildman–Crippen MR) is 98.1 cm³/mol. The third-order valence-electron chi connectivity index (χ3n) is 5.21. The Kier molecular flexibility index (Phi) is 4.30. The molecular formula is C20H21ClN2O2. The fourth-order valence-electron chi connectivity index (χ4n) is 3.87. The lowest BCUT2D eigenvalue weighted by Crippen LogP contribution is -2.42. The number of rotatable bonds is 2. The van der Waals surface area contributed by atoms with Crippen LogP contribution in [0, 0.1) is 0 Å². The van der Waals surface area contributed by atoms with Gasteiger partial charge in [0.15, 0.2) is 0 Å². The number of hydrogen-bond acceptors (Lipinski definition) is 2. The molecule has 5 heteroatoms. The van der Waals surface area contributed by atoms with Crippen LogP contribution in [-0.4, -0.2) is 24.6 Å². The van der Waals surface area contributed by atoms with Crippen molar-refractivity contribution in [3.05, 3.63) is 64.2 Å². The molecule has 25 heavy (non-hydrogen) atoms. The topological polar surface area (TPSA) is 41.6 Å². The highest BCUT2D eigenvalue weighted by Crippen LogP contribution is 2.38. The number of urea groups is 1. The van der Waals surface area contributed by atoms with Crippen molar-refractivity contribution >= 4 is 17.6 Å². The van der Waals surface area contributed by atoms with Crippen molar-refractivity contribution in [2.24, 2.45) is 0 Å². The number of benzene rings is 2. The Morgan fingerprint density at radius 2 is 1.96 bits per heavy atom. The van der Waals surface area contributed by atoms with Crippen LogP contribution in [0.2, 0.25) is 5.02 Å². The Hall–Kier alpha value is -2.20. The van der Waals surface area contributed by atoms with Crippen LogP contribution in [-0.2, 0) is 6.42 Å². The molecule has 0 saturated carbocycles. The van der Waals surface area contributed by atoms with Gasteiger partial charge in [0.2, 0.25) is 0 Å². The second kappa shape index (κ2) is 6.60. The Balaban J connectivity index is 1.51. The van der Waals surface area contributed by atoms with Gasteiger partial charge in [-0.1, -0.05) is 48.0 Å². The summed E-state index contributed by atoms with van der Waals surface area (Å²) in [6, 6.07) is 14.1. The van der Waals surface area contributed by atoms with Crippen molar-refractivity contribution in [2.75, 3.05) is 13.7 Å². The van der Waals surface area contributed by atoms with E-state index in [2.05, 4.69) is 23.5 Å². The lowest BCUT2D eigenvalue weighted by Gasteiger charge is -2.31. The quantitative estimate of drug-likeness (QED) is 0.861. The molecule has 4 rings (SSSR count). The number of ether oxygens (including phenoxy) is 1. The SMILES string of the molecule is CN(C(=O)N[C@H]1CCOc2c(Cl)cccc21)[C@@H]1CCc2ccccc21. The molecule has 0 spiro atoms. The highest BCUT2D eigenvalue weighted by Gasteiger charge is 2.31. The van der Waals surface area contributed by atoms with Crippen LogP contribution in [0.5, 0.6) is 5.75 Å². The summed E-state index contributed by atoms with van der Waals surface area (Å²) in [5.41, 5.74) is 3.55. The predicted octanol–water partition coefficient (Wildman–Crippen LogP) is 4.49. The summed E-state index contributed by atoms with van der Waals surface area (Å²) >= 11 is 6.22. The molecule has 1 N–H and O–H groups in total. The number of aryl methyl sites for hydroxylation is 1. The zero-order valence-electron chi connectivity index (χ0n) is 14.2. The molecule has 2 aromatic carbocycles. The van der Waals surface area contributed by atoms with Gasteiger partial charge >= 0.3 is 6.03 Å². The summed E-state index contributed by atoms with van der Waals surface area (Å²) in [5.74, 6) is 0.689. The van der Waals surface area contributed by atoms with Crippen molar-refractivity contribution in [3.63, 3.8) is 0 Å². The van der Waals surface area contributed by atoms with Crippen molar-refractivity contribution in [1.82, 2.24) is 10.2 Å². The Morgan fingerprint density at radius 3 is 2.84 bits per heavy atom. The van der Waals surface area contributed by atoms with E-state index < -0.39 is 0 Å². The zero-order chi connectivity index (χ0) is 17.4. The molecule has 2 amide bonds. The molecule has 2 atom stereocenters. The van der Waals surface area contributed by atoms with Crippen molar-refractivity contribution in [1.29, 1.82) is 0 Å². The summed E-state index contributed by atoms with van der Waals surface area (Å²) in [5, 5.41) is 3.75. The third kappa shape index (κ3) is 2.95. The highest BCUT2D eigenvalue weighted by atomic mass is 35.5. The molecule has 0 bridgehead atoms. The van der Waals surface area contributed by atoms with Crippen molar-refractivity contribution < 1.29 is 9.53 Å². The van der Waals surface area contributed by atoms with Gasteiger partial charge in [-0.05, 0) is 30.0 Å². The number of halogens is 1. The minimum absolute atomic E-state index is 0.0560. The number of nitrogens with zero attached hydrogens (tertiary/aromatic N) is 1. The van der Waals surface area contributed by atoms with Crippen LogP contribution in [0.3, 0.4) is 0 Å². The van der Waals surface area contributed by atoms with E-state index in [1.54, 1.807) is 0 Å². The molecule has 0 unspecified atom stereocenters. The molecular weight excluding hydrogens is 336 g/mol. The molecule has 0 aromatic heterocycles. The molecule has 0 saturated heterocycles. The van der Waals surface area contributed by atoms with Gasteiger partial charge < -0.3 is 15.0 Å². The van der Waals surface area contributed by atoms with Gasteiger partial charge in [0.1, 0.15) is 5.75 Å². The average Bonchev–Trinajstić information content (AvgIpc) is 3.06. The molecule has 1 aliphatic heterocycles. The molecule has 130 valence electrons. The summed E-state index contributed by atoms with van der Waals surface area (Å²) in [7, 11) is 1.88. The van der Waals surface area contributed by atoms with E-state index in [9.17, 15) is 4.79 Å². The van der Waals surface area contributed by atoms with Gasteiger partial charge in [-0.2, -0.15) is 0 Å². The Morgan fingerprint density at radius 1 is 1.16 bits per heavy atom. The largest absolute Gasteiger partial charge is 0.492 e. The third-order valence-corrected chi connectivity index (χ3v) is 5.51. The van der Waals surface area contributed by atoms with E-state index in [0.717, 1.165) is 24.8 Å². The van der Waals surface area contributed by atoms with Crippen LogP contribution in [0.15, 0.2) is 42.5 Å². The molecule has 0 fully saturated rings. The maximum atomic E-state index is 12.8. The minimum Gasteiger partial charge on any atom is -0.492 e. The number of amides is 2. The molecule has 2 aromatic rings. The average molecular weight is 357 g/mol. The first-order chi connectivity index (χ1) is 12.1. The summed E-state index contributed by atoms with van der Waals surface area (Å²) < 4.78 is 5.68. The van der Waals surface area contributed by atoms with Crippen LogP contribution < -0.4 is 10.1 Å². The van der Waals surface area contributed by atoms with Gasteiger partial charge in [0.05, 0.1) is 23.7 Å². The molecule has 1 heterocycles. The van der Waals surface area contributed by atoms with Crippen molar-refractivity contribution in [2.45, 2.75) is 31.3 Å². The number of para-hydroxylation sites is 1. The second-order valence-corrected chi connectivity index (χ2v) is 7.07. The maximum Gasteiger partial charge on any atom is 0.318 e. The number of fused-ring (bicyclic) bond motifs is 2. The molecule has 4 nitrogen and oxygen atoms in total. The summed E-state index contributed by atoms with van der Waals surface area (Å²) in [4.78, 5) is 14.7. The van der Waals surface area contributed by atoms with Crippen LogP contribution in [0.1, 0.15) is 41.6 Å². The number of nitrogens with one attached hydrogen (secondary N) is 1. The number of carbonyl (C=O) groups is 1. The fourth-order valence-corrected chi connectivity index (χ4v) is 4.10. The molecule has 1 aliphatic carbocycles. The van der Waals surface area contributed by atoms with Crippen LogP contribution >= 0.6 is 11.6 Å². The smallest absolute Gasteiger partial charge is 0.318 e. The van der Waals surface area contributed by atoms with E-state index in [1.807, 2.05) is 36.2 Å². The van der Waals surface area contributed by atoms with Gasteiger partial charge in [-0.3, -0.25) is 0 Å². The van der Waals surface area contributed by atoms with E-state index in [0.29, 0.717) is 17.4 Å². The van der Waals surface area contributed by atoms with Crippen molar-refractivity contribution in [3.8, 4) is 5.75 Å². The van der Waals surface area contributed by atoms with E-state index in [1.165, 1.54) is 11.1 Å². The normalized spacial score (nSPS) is 21.0. The van der Waals surface area contributed by atoms with Gasteiger partial charge in [-0.15, -0.1) is 0 Å². The van der Waals surface area contributed by atoms with E-state index >= 15 is 0 Å². The lowest BCUT2D eigenvalue weighted by atomic mass is 10.0. The molecule has 2 aliphatic rings. The summed E-state index contributed by atoms with van der Waals surface area (Å²) in [6.07, 6.45) is 2.74. The number of carbonyl (C=O) groups excluding carboxylic acids is 1. The Bertz CT molecular complexity index is 808. The van der Waals surface area contributed by atoms with Crippen LogP contribution in [0.25, 0.3) is 0 Å². The molecule has 0 radical (unpaired) electrons. The second-order valence-electron chi connectivity index (χ2n) is 6.66. The van der Waals surface area contributed by atoms with Gasteiger partial charge in [0.25, 0.3) is 0 Å². The first kappa shape index (κ1) is 16.3. The van der Waals surface area contributed by atoms with Gasteiger partial charge in [0, 0.05) is 19.0 Å². The minimum atomic E-state index is -0.0750. The fraction of sp³-hybridized carbons (Fsp3) is 0.350. The van der Waals surface area contributed by atoms with Gasteiger partial charge in [-0.25, -0.2) is 4.79 Å². The highest BCUT2D eigenvalue weighted by molar-refractivity contribution is 6.32. The Labute approximate surface area is 152 Å². The lowest BCUT2D eigenvalue weighted by molar-refractivity contribution is 0.179. The standard InChI is InChI=1S/C20H21ClN2O2/c1-23(18-10-9-13-5-2-3-6-14(13)18)20(24)22-17-11-12-25-19-15(17)7-4-8-16(19)21/h2-8,17-18H,9-12H2,1H3,(H,22,24)/t17-,18+/m0/s1. The van der Waals surface area contributed by atoms with E-state index in [-0.39, 0.29) is 18.1 Å². The summed E-state index contributed by atoms with van der Waals surface area (Å²) in [6.45, 7) is 0.553. The number of hydrogen-bond donors (Lipinski definition) is 1. The first-order valence-electron chi connectivity index (χ1n) is 8.67. The first-order valence-corrected chi connectivity index (χ1v) is 9.05. The monoisotopic (exact) mass is 356 g/mol. The zero-order valence-corrected chi connectivity index (χ0v) is 14.9. The van der Waals surface area contributed by atoms with E-state index in [4.69, 9.17) is 16.3 Å². The maximum absolute atomic E-state index is 12.8. The van der Waals surface area contributed by atoms with Crippen LogP contribution in [0.4, 0.5) is 4.79 Å².